The van der Waals surface area contributed by atoms with Crippen molar-refractivity contribution in [2.45, 2.75) is 24.7 Å². The summed E-state index contributed by atoms with van der Waals surface area (Å²) in [4.78, 5) is 11.9. The zero-order valence-electron chi connectivity index (χ0n) is 10.6. The zero-order valence-corrected chi connectivity index (χ0v) is 10.6. The van der Waals surface area contributed by atoms with Crippen LogP contribution in [0.15, 0.2) is 24.3 Å². The molecule has 110 valence electrons. The highest BCUT2D eigenvalue weighted by molar-refractivity contribution is 5.94. The zero-order chi connectivity index (χ0) is 14.8. The van der Waals surface area contributed by atoms with E-state index in [2.05, 4.69) is 10.6 Å². The van der Waals surface area contributed by atoms with Crippen LogP contribution >= 0.6 is 0 Å². The van der Waals surface area contributed by atoms with Crippen molar-refractivity contribution in [1.29, 1.82) is 0 Å². The number of carbonyl (C=O) groups is 1. The van der Waals surface area contributed by atoms with Crippen molar-refractivity contribution in [3.05, 3.63) is 35.4 Å². The van der Waals surface area contributed by atoms with Crippen LogP contribution in [0, 0.1) is 0 Å². The smallest absolute Gasteiger partial charge is 0.390 e. The number of piperidine rings is 1. The van der Waals surface area contributed by atoms with Crippen LogP contribution < -0.4 is 10.6 Å². The Kier molecular flexibility index (Phi) is 4.29. The third-order valence-corrected chi connectivity index (χ3v) is 3.22. The van der Waals surface area contributed by atoms with Crippen LogP contribution in [0.1, 0.15) is 22.3 Å². The van der Waals surface area contributed by atoms with Gasteiger partial charge in [0.05, 0.1) is 17.7 Å². The van der Waals surface area contributed by atoms with E-state index in [1.54, 1.807) is 0 Å². The molecule has 20 heavy (non-hydrogen) atoms. The second kappa shape index (κ2) is 5.80. The maximum Gasteiger partial charge on any atom is 0.416 e. The van der Waals surface area contributed by atoms with Gasteiger partial charge in [0.15, 0.2) is 0 Å². The van der Waals surface area contributed by atoms with Gasteiger partial charge >= 0.3 is 6.18 Å². The van der Waals surface area contributed by atoms with Gasteiger partial charge in [-0.15, -0.1) is 0 Å². The lowest BCUT2D eigenvalue weighted by Gasteiger charge is -2.29. The number of hydrogen-bond donors (Lipinski definition) is 3. The van der Waals surface area contributed by atoms with Gasteiger partial charge in [0.25, 0.3) is 5.91 Å². The van der Waals surface area contributed by atoms with Crippen molar-refractivity contribution in [1.82, 2.24) is 10.6 Å². The van der Waals surface area contributed by atoms with E-state index in [9.17, 15) is 23.1 Å². The van der Waals surface area contributed by atoms with E-state index in [-0.39, 0.29) is 5.56 Å². The minimum Gasteiger partial charge on any atom is -0.390 e. The predicted molar refractivity (Wildman–Crippen MR) is 66.2 cm³/mol. The number of β-amino-alcohol motifs (C(OH)–C–C–N with tert-alkyl or cyclic N) is 1. The Balaban J connectivity index is 2.09. The van der Waals surface area contributed by atoms with Crippen LogP contribution in [-0.4, -0.2) is 36.2 Å². The van der Waals surface area contributed by atoms with Gasteiger partial charge in [0, 0.05) is 12.1 Å². The van der Waals surface area contributed by atoms with E-state index in [0.29, 0.717) is 19.5 Å². The first-order chi connectivity index (χ1) is 9.38. The molecule has 3 N–H and O–H groups in total. The monoisotopic (exact) mass is 288 g/mol. The van der Waals surface area contributed by atoms with Crippen molar-refractivity contribution in [2.75, 3.05) is 13.1 Å². The van der Waals surface area contributed by atoms with Crippen molar-refractivity contribution in [3.63, 3.8) is 0 Å². The van der Waals surface area contributed by atoms with Crippen LogP contribution in [0.25, 0.3) is 0 Å². The minimum absolute atomic E-state index is 0.0643. The van der Waals surface area contributed by atoms with Gasteiger partial charge in [-0.1, -0.05) is 6.07 Å². The van der Waals surface area contributed by atoms with Gasteiger partial charge < -0.3 is 15.7 Å². The standard InChI is InChI=1S/C13H15F3N2O2/c14-13(15,16)9-3-1-2-8(6-9)12(20)18-10-4-5-17-7-11(10)19/h1-3,6,10-11,17,19H,4-5,7H2,(H,18,20)/t10-,11-/m0/s1. The topological polar surface area (TPSA) is 61.4 Å². The Morgan fingerprint density at radius 3 is 2.80 bits per heavy atom. The molecule has 0 saturated carbocycles. The molecular weight excluding hydrogens is 273 g/mol. The number of aliphatic hydroxyl groups is 1. The van der Waals surface area contributed by atoms with Crippen LogP contribution in [0.5, 0.6) is 0 Å². The number of alkyl halides is 3. The molecule has 0 radical (unpaired) electrons. The maximum absolute atomic E-state index is 12.6. The van der Waals surface area contributed by atoms with E-state index < -0.39 is 29.8 Å². The van der Waals surface area contributed by atoms with E-state index in [0.717, 1.165) is 12.1 Å². The molecule has 1 heterocycles. The lowest BCUT2D eigenvalue weighted by atomic mass is 10.0. The largest absolute Gasteiger partial charge is 0.416 e. The Morgan fingerprint density at radius 2 is 2.15 bits per heavy atom. The Hall–Kier alpha value is -1.60. The quantitative estimate of drug-likeness (QED) is 0.765. The van der Waals surface area contributed by atoms with Gasteiger partial charge in [-0.25, -0.2) is 0 Å². The van der Waals surface area contributed by atoms with Crippen molar-refractivity contribution < 1.29 is 23.1 Å². The van der Waals surface area contributed by atoms with Crippen LogP contribution in [0.3, 0.4) is 0 Å². The summed E-state index contributed by atoms with van der Waals surface area (Å²) in [6, 6.07) is 3.78. The van der Waals surface area contributed by atoms with Gasteiger partial charge in [-0.2, -0.15) is 13.2 Å². The number of aliphatic hydroxyl groups excluding tert-OH is 1. The van der Waals surface area contributed by atoms with E-state index in [1.807, 2.05) is 0 Å². The summed E-state index contributed by atoms with van der Waals surface area (Å²) in [5, 5.41) is 15.2. The highest BCUT2D eigenvalue weighted by Gasteiger charge is 2.31. The SMILES string of the molecule is O=C(N[C@H]1CCNC[C@@H]1O)c1cccc(C(F)(F)F)c1. The molecule has 2 atom stereocenters. The van der Waals surface area contributed by atoms with Crippen molar-refractivity contribution in [2.24, 2.45) is 0 Å². The Morgan fingerprint density at radius 1 is 1.40 bits per heavy atom. The number of hydrogen-bond acceptors (Lipinski definition) is 3. The third kappa shape index (κ3) is 3.49. The van der Waals surface area contributed by atoms with E-state index in [1.165, 1.54) is 12.1 Å². The second-order valence-electron chi connectivity index (χ2n) is 4.72. The summed E-state index contributed by atoms with van der Waals surface area (Å²) in [7, 11) is 0. The van der Waals surface area contributed by atoms with Crippen molar-refractivity contribution in [3.8, 4) is 0 Å². The summed E-state index contributed by atoms with van der Waals surface area (Å²) >= 11 is 0. The summed E-state index contributed by atoms with van der Waals surface area (Å²) in [5.41, 5.74) is -0.929. The van der Waals surface area contributed by atoms with Gasteiger partial charge in [-0.05, 0) is 31.2 Å². The van der Waals surface area contributed by atoms with E-state index >= 15 is 0 Å². The molecular formula is C13H15F3N2O2. The molecule has 0 aliphatic carbocycles. The molecule has 0 unspecified atom stereocenters. The number of amides is 1. The molecule has 1 aliphatic rings. The normalized spacial score (nSPS) is 23.4. The number of halogens is 3. The summed E-state index contributed by atoms with van der Waals surface area (Å²) in [6.07, 6.45) is -4.69. The molecule has 0 bridgehead atoms. The van der Waals surface area contributed by atoms with E-state index in [4.69, 9.17) is 0 Å². The average Bonchev–Trinajstić information content (AvgIpc) is 2.40. The first-order valence-electron chi connectivity index (χ1n) is 6.25. The molecule has 1 aromatic carbocycles. The molecule has 1 aliphatic heterocycles. The molecule has 1 amide bonds. The molecule has 1 aromatic rings. The first-order valence-corrected chi connectivity index (χ1v) is 6.25. The molecule has 1 saturated heterocycles. The first kappa shape index (κ1) is 14.8. The lowest BCUT2D eigenvalue weighted by Crippen LogP contribution is -2.52. The van der Waals surface area contributed by atoms with Crippen molar-refractivity contribution >= 4 is 5.91 Å². The third-order valence-electron chi connectivity index (χ3n) is 3.22. The fraction of sp³-hybridized carbons (Fsp3) is 0.462. The fourth-order valence-corrected chi connectivity index (χ4v) is 2.10. The van der Waals surface area contributed by atoms with Gasteiger partial charge in [0.1, 0.15) is 0 Å². The number of rotatable bonds is 2. The van der Waals surface area contributed by atoms with Gasteiger partial charge in [0.2, 0.25) is 0 Å². The molecule has 2 rings (SSSR count). The highest BCUT2D eigenvalue weighted by atomic mass is 19.4. The fourth-order valence-electron chi connectivity index (χ4n) is 2.10. The Bertz CT molecular complexity index is 491. The number of nitrogens with one attached hydrogen (secondary N) is 2. The van der Waals surface area contributed by atoms with Gasteiger partial charge in [-0.3, -0.25) is 4.79 Å². The van der Waals surface area contributed by atoms with Crippen LogP contribution in [0.4, 0.5) is 13.2 Å². The highest BCUT2D eigenvalue weighted by Crippen LogP contribution is 2.29. The number of carbonyl (C=O) groups excluding carboxylic acids is 1. The lowest BCUT2D eigenvalue weighted by molar-refractivity contribution is -0.137. The average molecular weight is 288 g/mol. The molecule has 1 fully saturated rings. The minimum atomic E-state index is -4.48. The molecule has 0 spiro atoms. The summed E-state index contributed by atoms with van der Waals surface area (Å²) in [5.74, 6) is -0.609. The second-order valence-corrected chi connectivity index (χ2v) is 4.72. The molecule has 4 nitrogen and oxygen atoms in total. The molecule has 0 aromatic heterocycles. The Labute approximate surface area is 114 Å². The predicted octanol–water partition coefficient (Wildman–Crippen LogP) is 1.16. The number of benzene rings is 1. The molecule has 7 heteroatoms. The summed E-state index contributed by atoms with van der Waals surface area (Å²) in [6.45, 7) is 0.998. The summed E-state index contributed by atoms with van der Waals surface area (Å²) < 4.78 is 37.7. The van der Waals surface area contributed by atoms with Crippen LogP contribution in [0.2, 0.25) is 0 Å². The maximum atomic E-state index is 12.6. The van der Waals surface area contributed by atoms with Crippen LogP contribution in [-0.2, 0) is 6.18 Å².